The van der Waals surface area contributed by atoms with Gasteiger partial charge in [-0.25, -0.2) is 4.79 Å². The summed E-state index contributed by atoms with van der Waals surface area (Å²) in [7, 11) is 0. The Kier molecular flexibility index (Phi) is 8.43. The molecule has 0 aromatic rings. The summed E-state index contributed by atoms with van der Waals surface area (Å²) < 4.78 is 3.97. The fourth-order valence-electron chi connectivity index (χ4n) is 2.12. The molecule has 3 N–H and O–H groups in total. The van der Waals surface area contributed by atoms with E-state index in [-0.39, 0.29) is 12.7 Å². The number of ether oxygens (including phenoxy) is 1. The van der Waals surface area contributed by atoms with Crippen molar-refractivity contribution in [1.82, 2.24) is 0 Å². The molecule has 0 aromatic heterocycles. The van der Waals surface area contributed by atoms with Crippen LogP contribution in [0.3, 0.4) is 0 Å². The largest absolute Gasteiger partial charge is 0.505 e. The summed E-state index contributed by atoms with van der Waals surface area (Å²) in [5, 5.41) is 25.9. The van der Waals surface area contributed by atoms with Gasteiger partial charge < -0.3 is 20.1 Å². The van der Waals surface area contributed by atoms with E-state index in [1.807, 2.05) is 6.92 Å². The smallest absolute Gasteiger partial charge is 0.450 e. The van der Waals surface area contributed by atoms with Crippen LogP contribution in [0.1, 0.15) is 40.0 Å². The van der Waals surface area contributed by atoms with Gasteiger partial charge in [-0.1, -0.05) is 19.1 Å². The van der Waals surface area contributed by atoms with Gasteiger partial charge in [0.2, 0.25) is 0 Å². The van der Waals surface area contributed by atoms with E-state index in [4.69, 9.17) is 10.2 Å². The van der Waals surface area contributed by atoms with Gasteiger partial charge >= 0.3 is 6.16 Å². The van der Waals surface area contributed by atoms with Gasteiger partial charge in [0.25, 0.3) is 0 Å². The van der Waals surface area contributed by atoms with E-state index in [1.165, 1.54) is 13.3 Å². The third-order valence-corrected chi connectivity index (χ3v) is 3.16. The SMILES string of the molecule is C=C(C)C1CCC(C)CC1O.CC(O)COC(=O)O. The van der Waals surface area contributed by atoms with E-state index in [2.05, 4.69) is 18.2 Å². The van der Waals surface area contributed by atoms with Gasteiger partial charge in [0.1, 0.15) is 6.61 Å². The predicted octanol–water partition coefficient (Wildman–Crippen LogP) is 2.42. The maximum Gasteiger partial charge on any atom is 0.505 e. The Morgan fingerprint density at radius 1 is 1.47 bits per heavy atom. The van der Waals surface area contributed by atoms with E-state index < -0.39 is 12.3 Å². The summed E-state index contributed by atoms with van der Waals surface area (Å²) in [4.78, 5) is 9.57. The molecule has 0 heterocycles. The minimum atomic E-state index is -1.36. The van der Waals surface area contributed by atoms with E-state index in [0.29, 0.717) is 11.8 Å². The predicted molar refractivity (Wildman–Crippen MR) is 73.0 cm³/mol. The lowest BCUT2D eigenvalue weighted by Gasteiger charge is -2.31. The number of carbonyl (C=O) groups is 1. The second kappa shape index (κ2) is 8.93. The summed E-state index contributed by atoms with van der Waals surface area (Å²) in [6.07, 6.45) is 1.12. The first-order chi connectivity index (χ1) is 8.73. The Morgan fingerprint density at radius 2 is 2.05 bits per heavy atom. The zero-order chi connectivity index (χ0) is 15.0. The normalized spacial score (nSPS) is 27.7. The van der Waals surface area contributed by atoms with Gasteiger partial charge in [0.05, 0.1) is 12.2 Å². The maximum atomic E-state index is 9.65. The second-order valence-electron chi connectivity index (χ2n) is 5.36. The monoisotopic (exact) mass is 274 g/mol. The van der Waals surface area contributed by atoms with E-state index in [9.17, 15) is 9.90 Å². The highest BCUT2D eigenvalue weighted by molar-refractivity contribution is 5.56. The number of rotatable bonds is 3. The molecule has 1 fully saturated rings. The Labute approximate surface area is 114 Å². The molecule has 112 valence electrons. The maximum absolute atomic E-state index is 9.65. The lowest BCUT2D eigenvalue weighted by molar-refractivity contribution is 0.0466. The molecular formula is C14H26O5. The fraction of sp³-hybridized carbons (Fsp3) is 0.786. The average molecular weight is 274 g/mol. The number of carboxylic acid groups (broad SMARTS) is 1. The van der Waals surface area contributed by atoms with Crippen LogP contribution in [0.2, 0.25) is 0 Å². The molecule has 1 rings (SSSR count). The molecule has 0 radical (unpaired) electrons. The average Bonchev–Trinajstić information content (AvgIpc) is 2.26. The molecule has 0 amide bonds. The lowest BCUT2D eigenvalue weighted by atomic mass is 9.78. The van der Waals surface area contributed by atoms with Gasteiger partial charge in [-0.3, -0.25) is 0 Å². The molecule has 0 aromatic carbocycles. The first-order valence-electron chi connectivity index (χ1n) is 6.61. The molecule has 1 aliphatic rings. The molecule has 1 saturated carbocycles. The molecule has 4 unspecified atom stereocenters. The van der Waals surface area contributed by atoms with Crippen LogP contribution >= 0.6 is 0 Å². The molecule has 0 aliphatic heterocycles. The highest BCUT2D eigenvalue weighted by atomic mass is 16.7. The third kappa shape index (κ3) is 8.61. The van der Waals surface area contributed by atoms with E-state index >= 15 is 0 Å². The van der Waals surface area contributed by atoms with Crippen LogP contribution < -0.4 is 0 Å². The highest BCUT2D eigenvalue weighted by Gasteiger charge is 2.26. The summed E-state index contributed by atoms with van der Waals surface area (Å²) in [6.45, 7) is 9.41. The molecular weight excluding hydrogens is 248 g/mol. The quantitative estimate of drug-likeness (QED) is 0.543. The summed E-state index contributed by atoms with van der Waals surface area (Å²) >= 11 is 0. The summed E-state index contributed by atoms with van der Waals surface area (Å²) in [5.74, 6) is 1.06. The fourth-order valence-corrected chi connectivity index (χ4v) is 2.12. The molecule has 0 bridgehead atoms. The first-order valence-corrected chi connectivity index (χ1v) is 6.61. The van der Waals surface area contributed by atoms with Gasteiger partial charge in [-0.2, -0.15) is 0 Å². The van der Waals surface area contributed by atoms with Crippen molar-refractivity contribution in [2.45, 2.75) is 52.2 Å². The zero-order valence-electron chi connectivity index (χ0n) is 12.0. The van der Waals surface area contributed by atoms with Crippen LogP contribution in [0.4, 0.5) is 4.79 Å². The van der Waals surface area contributed by atoms with Gasteiger partial charge in [-0.05, 0) is 39.0 Å². The van der Waals surface area contributed by atoms with Crippen molar-refractivity contribution in [3.8, 4) is 0 Å². The molecule has 0 saturated heterocycles. The van der Waals surface area contributed by atoms with Crippen molar-refractivity contribution in [2.24, 2.45) is 11.8 Å². The number of hydrogen-bond donors (Lipinski definition) is 3. The third-order valence-electron chi connectivity index (χ3n) is 3.16. The first kappa shape index (κ1) is 17.9. The summed E-state index contributed by atoms with van der Waals surface area (Å²) in [5.41, 5.74) is 1.14. The van der Waals surface area contributed by atoms with Crippen molar-refractivity contribution >= 4 is 6.16 Å². The van der Waals surface area contributed by atoms with Crippen molar-refractivity contribution in [2.75, 3.05) is 6.61 Å². The zero-order valence-corrected chi connectivity index (χ0v) is 12.0. The van der Waals surface area contributed by atoms with Gasteiger partial charge in [0.15, 0.2) is 0 Å². The van der Waals surface area contributed by atoms with Crippen LogP contribution in [0.15, 0.2) is 12.2 Å². The van der Waals surface area contributed by atoms with Crippen LogP contribution in [0.25, 0.3) is 0 Å². The second-order valence-corrected chi connectivity index (χ2v) is 5.36. The molecule has 5 nitrogen and oxygen atoms in total. The highest BCUT2D eigenvalue weighted by Crippen LogP contribution is 2.32. The topological polar surface area (TPSA) is 87.0 Å². The lowest BCUT2D eigenvalue weighted by Crippen LogP contribution is -2.28. The van der Waals surface area contributed by atoms with Crippen LogP contribution in [-0.4, -0.2) is 40.3 Å². The van der Waals surface area contributed by atoms with Gasteiger partial charge in [0, 0.05) is 5.92 Å². The molecule has 5 heteroatoms. The van der Waals surface area contributed by atoms with Crippen LogP contribution in [-0.2, 0) is 4.74 Å². The molecule has 1 aliphatic carbocycles. The van der Waals surface area contributed by atoms with Crippen LogP contribution in [0.5, 0.6) is 0 Å². The van der Waals surface area contributed by atoms with Crippen molar-refractivity contribution < 1.29 is 24.9 Å². The molecule has 4 atom stereocenters. The van der Waals surface area contributed by atoms with Crippen molar-refractivity contribution in [1.29, 1.82) is 0 Å². The standard InChI is InChI=1S/C10H18O.C4H8O4/c1-7(2)9-5-4-8(3)6-10(9)11;1-3(5)2-8-4(6)7/h8-11H,1,4-6H2,2-3H3;3,5H,2H2,1H3,(H,6,7). The molecule has 0 spiro atoms. The van der Waals surface area contributed by atoms with E-state index in [1.54, 1.807) is 0 Å². The minimum Gasteiger partial charge on any atom is -0.450 e. The van der Waals surface area contributed by atoms with Crippen molar-refractivity contribution in [3.63, 3.8) is 0 Å². The van der Waals surface area contributed by atoms with Gasteiger partial charge in [-0.15, -0.1) is 0 Å². The molecule has 19 heavy (non-hydrogen) atoms. The Morgan fingerprint density at radius 3 is 2.37 bits per heavy atom. The Bertz CT molecular complexity index is 288. The number of aliphatic hydroxyl groups is 2. The number of hydrogen-bond acceptors (Lipinski definition) is 4. The van der Waals surface area contributed by atoms with E-state index in [0.717, 1.165) is 18.4 Å². The van der Waals surface area contributed by atoms with Crippen molar-refractivity contribution in [3.05, 3.63) is 12.2 Å². The summed E-state index contributed by atoms with van der Waals surface area (Å²) in [6, 6.07) is 0. The Balaban J connectivity index is 0.000000362. The van der Waals surface area contributed by atoms with Crippen LogP contribution in [0, 0.1) is 11.8 Å². The number of aliphatic hydroxyl groups excluding tert-OH is 2. The Hall–Kier alpha value is -1.07. The minimum absolute atomic E-state index is 0.128.